The van der Waals surface area contributed by atoms with Gasteiger partial charge in [-0.15, -0.1) is 0 Å². The van der Waals surface area contributed by atoms with Gasteiger partial charge in [0.2, 0.25) is 0 Å². The summed E-state index contributed by atoms with van der Waals surface area (Å²) >= 11 is 0. The van der Waals surface area contributed by atoms with Crippen LogP contribution in [-0.2, 0) is 16.8 Å². The van der Waals surface area contributed by atoms with Crippen molar-refractivity contribution in [3.05, 3.63) is 35.4 Å². The van der Waals surface area contributed by atoms with Crippen LogP contribution in [0.2, 0.25) is 0 Å². The lowest BCUT2D eigenvalue weighted by Gasteiger charge is -2.23. The molecule has 0 atom stereocenters. The molecular formula is C13H20O. The van der Waals surface area contributed by atoms with Crippen molar-refractivity contribution in [2.45, 2.75) is 39.2 Å². The monoisotopic (exact) mass is 192 g/mol. The fourth-order valence-corrected chi connectivity index (χ4v) is 1.48. The van der Waals surface area contributed by atoms with Gasteiger partial charge >= 0.3 is 0 Å². The molecule has 0 N–H and O–H groups in total. The van der Waals surface area contributed by atoms with E-state index in [1.165, 1.54) is 17.5 Å². The second-order valence-electron chi connectivity index (χ2n) is 4.16. The molecule has 0 amide bonds. The zero-order chi connectivity index (χ0) is 10.6. The number of benzene rings is 1. The molecule has 0 bridgehead atoms. The maximum absolute atomic E-state index is 5.42. The molecule has 0 aliphatic rings. The van der Waals surface area contributed by atoms with Crippen molar-refractivity contribution in [1.29, 1.82) is 0 Å². The van der Waals surface area contributed by atoms with Gasteiger partial charge in [-0.05, 0) is 31.4 Å². The van der Waals surface area contributed by atoms with E-state index in [-0.39, 0.29) is 5.60 Å². The molecule has 1 nitrogen and oxygen atoms in total. The van der Waals surface area contributed by atoms with Gasteiger partial charge in [0.05, 0.1) is 5.60 Å². The van der Waals surface area contributed by atoms with Crippen LogP contribution in [-0.4, -0.2) is 7.11 Å². The van der Waals surface area contributed by atoms with Crippen LogP contribution < -0.4 is 0 Å². The topological polar surface area (TPSA) is 9.23 Å². The first-order valence-corrected chi connectivity index (χ1v) is 5.24. The second-order valence-corrected chi connectivity index (χ2v) is 4.16. The molecule has 1 rings (SSSR count). The number of hydrogen-bond acceptors (Lipinski definition) is 1. The van der Waals surface area contributed by atoms with Gasteiger partial charge in [-0.2, -0.15) is 0 Å². The Morgan fingerprint density at radius 3 is 2.14 bits per heavy atom. The Bertz CT molecular complexity index is 272. The molecule has 1 aromatic carbocycles. The zero-order valence-electron chi connectivity index (χ0n) is 9.63. The predicted molar refractivity (Wildman–Crippen MR) is 60.5 cm³/mol. The lowest BCUT2D eigenvalue weighted by Crippen LogP contribution is -2.19. The Balaban J connectivity index is 2.82. The van der Waals surface area contributed by atoms with E-state index in [0.717, 1.165) is 6.42 Å². The van der Waals surface area contributed by atoms with E-state index in [9.17, 15) is 0 Å². The quantitative estimate of drug-likeness (QED) is 0.709. The molecule has 0 aliphatic heterocycles. The number of hydrogen-bond donors (Lipinski definition) is 0. The Morgan fingerprint density at radius 2 is 1.71 bits per heavy atom. The molecule has 1 heteroatoms. The van der Waals surface area contributed by atoms with E-state index in [0.29, 0.717) is 0 Å². The molecule has 0 fully saturated rings. The van der Waals surface area contributed by atoms with Crippen LogP contribution in [0.4, 0.5) is 0 Å². The molecule has 0 aromatic heterocycles. The minimum Gasteiger partial charge on any atom is -0.374 e. The molecule has 0 saturated heterocycles. The highest BCUT2D eigenvalue weighted by Crippen LogP contribution is 2.23. The SMILES string of the molecule is CCCc1ccc(C(C)(C)OC)cc1. The highest BCUT2D eigenvalue weighted by atomic mass is 16.5. The normalized spacial score (nSPS) is 11.7. The molecule has 0 heterocycles. The first-order chi connectivity index (χ1) is 6.60. The van der Waals surface area contributed by atoms with Crippen LogP contribution in [0.3, 0.4) is 0 Å². The first kappa shape index (κ1) is 11.3. The number of methoxy groups -OCH3 is 1. The van der Waals surface area contributed by atoms with Crippen molar-refractivity contribution in [1.82, 2.24) is 0 Å². The summed E-state index contributed by atoms with van der Waals surface area (Å²) in [5, 5.41) is 0. The summed E-state index contributed by atoms with van der Waals surface area (Å²) < 4.78 is 5.42. The van der Waals surface area contributed by atoms with Gasteiger partial charge < -0.3 is 4.74 Å². The first-order valence-electron chi connectivity index (χ1n) is 5.24. The van der Waals surface area contributed by atoms with Crippen molar-refractivity contribution >= 4 is 0 Å². The van der Waals surface area contributed by atoms with E-state index in [2.05, 4.69) is 45.0 Å². The van der Waals surface area contributed by atoms with Gasteiger partial charge in [-0.3, -0.25) is 0 Å². The fourth-order valence-electron chi connectivity index (χ4n) is 1.48. The van der Waals surface area contributed by atoms with E-state index < -0.39 is 0 Å². The highest BCUT2D eigenvalue weighted by Gasteiger charge is 2.18. The van der Waals surface area contributed by atoms with Crippen molar-refractivity contribution < 1.29 is 4.74 Å². The summed E-state index contributed by atoms with van der Waals surface area (Å²) in [6.07, 6.45) is 2.36. The molecule has 1 aromatic rings. The van der Waals surface area contributed by atoms with Gasteiger partial charge in [-0.1, -0.05) is 37.6 Å². The van der Waals surface area contributed by atoms with Crippen LogP contribution in [0.1, 0.15) is 38.3 Å². The Hall–Kier alpha value is -0.820. The lowest BCUT2D eigenvalue weighted by molar-refractivity contribution is 0.0192. The van der Waals surface area contributed by atoms with Gasteiger partial charge in [0.25, 0.3) is 0 Å². The third kappa shape index (κ3) is 2.58. The Kier molecular flexibility index (Phi) is 3.70. The average Bonchev–Trinajstić information content (AvgIpc) is 2.19. The van der Waals surface area contributed by atoms with Gasteiger partial charge in [-0.25, -0.2) is 0 Å². The average molecular weight is 192 g/mol. The molecule has 0 unspecified atom stereocenters. The van der Waals surface area contributed by atoms with Crippen molar-refractivity contribution in [2.24, 2.45) is 0 Å². The molecule has 0 radical (unpaired) electrons. The molecule has 78 valence electrons. The van der Waals surface area contributed by atoms with Crippen LogP contribution in [0, 0.1) is 0 Å². The predicted octanol–water partition coefficient (Wildman–Crippen LogP) is 3.52. The Morgan fingerprint density at radius 1 is 1.14 bits per heavy atom. The number of aryl methyl sites for hydroxylation is 1. The molecule has 0 saturated carbocycles. The summed E-state index contributed by atoms with van der Waals surface area (Å²) in [6.45, 7) is 6.37. The van der Waals surface area contributed by atoms with Gasteiger partial charge in [0.1, 0.15) is 0 Å². The summed E-state index contributed by atoms with van der Waals surface area (Å²) in [5.74, 6) is 0. The molecule has 0 aliphatic carbocycles. The summed E-state index contributed by atoms with van der Waals surface area (Å²) in [7, 11) is 1.75. The standard InChI is InChI=1S/C13H20O/c1-5-6-11-7-9-12(10-8-11)13(2,3)14-4/h7-10H,5-6H2,1-4H3. The van der Waals surface area contributed by atoms with Crippen molar-refractivity contribution in [3.63, 3.8) is 0 Å². The highest BCUT2D eigenvalue weighted by molar-refractivity contribution is 5.26. The van der Waals surface area contributed by atoms with E-state index in [1.807, 2.05) is 0 Å². The van der Waals surface area contributed by atoms with Crippen LogP contribution >= 0.6 is 0 Å². The third-order valence-corrected chi connectivity index (χ3v) is 2.70. The van der Waals surface area contributed by atoms with Crippen LogP contribution in [0.25, 0.3) is 0 Å². The second kappa shape index (κ2) is 4.61. The maximum atomic E-state index is 5.42. The van der Waals surface area contributed by atoms with Crippen molar-refractivity contribution in [2.75, 3.05) is 7.11 Å². The molecule has 14 heavy (non-hydrogen) atoms. The summed E-state index contributed by atoms with van der Waals surface area (Å²) in [4.78, 5) is 0. The Labute approximate surface area is 87.1 Å². The van der Waals surface area contributed by atoms with Crippen LogP contribution in [0.15, 0.2) is 24.3 Å². The molecular weight excluding hydrogens is 172 g/mol. The van der Waals surface area contributed by atoms with Crippen LogP contribution in [0.5, 0.6) is 0 Å². The van der Waals surface area contributed by atoms with Gasteiger partial charge in [0.15, 0.2) is 0 Å². The number of rotatable bonds is 4. The van der Waals surface area contributed by atoms with Gasteiger partial charge in [0, 0.05) is 7.11 Å². The summed E-state index contributed by atoms with van der Waals surface area (Å²) in [5.41, 5.74) is 2.47. The van der Waals surface area contributed by atoms with E-state index >= 15 is 0 Å². The zero-order valence-corrected chi connectivity index (χ0v) is 9.63. The van der Waals surface area contributed by atoms with E-state index in [4.69, 9.17) is 4.74 Å². The maximum Gasteiger partial charge on any atom is 0.0871 e. The number of ether oxygens (including phenoxy) is 1. The third-order valence-electron chi connectivity index (χ3n) is 2.70. The fraction of sp³-hybridized carbons (Fsp3) is 0.538. The lowest BCUT2D eigenvalue weighted by atomic mass is 9.96. The van der Waals surface area contributed by atoms with E-state index in [1.54, 1.807) is 7.11 Å². The largest absolute Gasteiger partial charge is 0.374 e. The van der Waals surface area contributed by atoms with Crippen molar-refractivity contribution in [3.8, 4) is 0 Å². The molecule has 0 spiro atoms. The minimum atomic E-state index is -0.176. The minimum absolute atomic E-state index is 0.176. The summed E-state index contributed by atoms with van der Waals surface area (Å²) in [6, 6.07) is 8.71. The smallest absolute Gasteiger partial charge is 0.0871 e.